The Morgan fingerprint density at radius 3 is 2.76 bits per heavy atom. The molecule has 0 atom stereocenters. The fourth-order valence-corrected chi connectivity index (χ4v) is 3.25. The minimum atomic E-state index is -1.07. The van der Waals surface area contributed by atoms with Crippen LogP contribution >= 0.6 is 15.9 Å². The Kier molecular flexibility index (Phi) is 4.90. The molecule has 2 aliphatic rings. The SMILES string of the molecule is C=C(/C=C1/N=C(C(=O)O)C=C(C2CCC2)N1C)c1ccc(Br)cc1F. The van der Waals surface area contributed by atoms with E-state index in [1.807, 2.05) is 11.9 Å². The molecule has 1 heterocycles. The predicted molar refractivity (Wildman–Crippen MR) is 99.5 cm³/mol. The highest BCUT2D eigenvalue weighted by atomic mass is 79.9. The fourth-order valence-electron chi connectivity index (χ4n) is 2.92. The molecule has 1 aromatic rings. The second-order valence-corrected chi connectivity index (χ2v) is 7.13. The highest BCUT2D eigenvalue weighted by Crippen LogP contribution is 2.37. The third kappa shape index (κ3) is 3.58. The summed E-state index contributed by atoms with van der Waals surface area (Å²) in [6.07, 6.45) is 6.48. The molecule has 1 saturated carbocycles. The summed E-state index contributed by atoms with van der Waals surface area (Å²) in [7, 11) is 1.85. The number of carbonyl (C=O) groups is 1. The van der Waals surface area contributed by atoms with Gasteiger partial charge in [-0.15, -0.1) is 0 Å². The van der Waals surface area contributed by atoms with E-state index in [2.05, 4.69) is 27.5 Å². The van der Waals surface area contributed by atoms with Gasteiger partial charge in [0.1, 0.15) is 11.6 Å². The molecule has 1 aliphatic carbocycles. The number of carboxylic acid groups (broad SMARTS) is 1. The Bertz CT molecular complexity index is 838. The lowest BCUT2D eigenvalue weighted by Gasteiger charge is -2.36. The van der Waals surface area contributed by atoms with Crippen LogP contribution in [0, 0.1) is 11.7 Å². The van der Waals surface area contributed by atoms with Gasteiger partial charge < -0.3 is 10.0 Å². The number of nitrogens with zero attached hydrogens (tertiary/aromatic N) is 2. The van der Waals surface area contributed by atoms with Gasteiger partial charge in [0.25, 0.3) is 0 Å². The van der Waals surface area contributed by atoms with Crippen molar-refractivity contribution < 1.29 is 14.3 Å². The molecule has 25 heavy (non-hydrogen) atoms. The molecule has 3 rings (SSSR count). The van der Waals surface area contributed by atoms with Gasteiger partial charge in [-0.2, -0.15) is 0 Å². The molecule has 1 fully saturated rings. The minimum absolute atomic E-state index is 0.00433. The zero-order chi connectivity index (χ0) is 18.1. The zero-order valence-corrected chi connectivity index (χ0v) is 15.4. The summed E-state index contributed by atoms with van der Waals surface area (Å²) in [5.74, 6) is -0.673. The molecule has 1 N–H and O–H groups in total. The third-order valence-corrected chi connectivity index (χ3v) is 5.07. The van der Waals surface area contributed by atoms with Crippen LogP contribution in [0.2, 0.25) is 0 Å². The van der Waals surface area contributed by atoms with Gasteiger partial charge in [0, 0.05) is 22.8 Å². The summed E-state index contributed by atoms with van der Waals surface area (Å²) in [5, 5.41) is 9.35. The second kappa shape index (κ2) is 6.96. The molecular weight excluding hydrogens is 387 g/mol. The molecule has 0 spiro atoms. The van der Waals surface area contributed by atoms with Crippen molar-refractivity contribution in [3.8, 4) is 0 Å². The topological polar surface area (TPSA) is 52.9 Å². The molecule has 0 aromatic heterocycles. The quantitative estimate of drug-likeness (QED) is 0.797. The Balaban J connectivity index is 1.96. The molecule has 130 valence electrons. The van der Waals surface area contributed by atoms with Crippen LogP contribution in [0.1, 0.15) is 24.8 Å². The van der Waals surface area contributed by atoms with E-state index in [0.717, 1.165) is 25.0 Å². The summed E-state index contributed by atoms with van der Waals surface area (Å²) >= 11 is 3.23. The number of aliphatic imine (C=N–C) groups is 1. The van der Waals surface area contributed by atoms with Gasteiger partial charge in [0.05, 0.1) is 0 Å². The van der Waals surface area contributed by atoms with Crippen molar-refractivity contribution in [3.63, 3.8) is 0 Å². The average molecular weight is 405 g/mol. The van der Waals surface area contributed by atoms with Crippen molar-refractivity contribution >= 4 is 33.2 Å². The Morgan fingerprint density at radius 1 is 1.48 bits per heavy atom. The summed E-state index contributed by atoms with van der Waals surface area (Å²) < 4.78 is 14.8. The molecule has 1 aromatic carbocycles. The van der Waals surface area contributed by atoms with Crippen molar-refractivity contribution in [3.05, 3.63) is 64.3 Å². The van der Waals surface area contributed by atoms with Crippen molar-refractivity contribution in [1.29, 1.82) is 0 Å². The summed E-state index contributed by atoms with van der Waals surface area (Å²) in [6, 6.07) is 4.74. The van der Waals surface area contributed by atoms with Crippen LogP contribution in [0.5, 0.6) is 0 Å². The van der Waals surface area contributed by atoms with Crippen LogP contribution in [-0.2, 0) is 4.79 Å². The number of aliphatic carboxylic acids is 1. The second-order valence-electron chi connectivity index (χ2n) is 6.21. The van der Waals surface area contributed by atoms with E-state index >= 15 is 0 Å². The maximum absolute atomic E-state index is 14.2. The van der Waals surface area contributed by atoms with Gasteiger partial charge in [0.2, 0.25) is 0 Å². The average Bonchev–Trinajstić information content (AvgIpc) is 2.48. The molecular formula is C19H18BrFN2O2. The summed E-state index contributed by atoms with van der Waals surface area (Å²) in [6.45, 7) is 3.92. The van der Waals surface area contributed by atoms with E-state index in [1.54, 1.807) is 24.3 Å². The molecule has 4 nitrogen and oxygen atoms in total. The van der Waals surface area contributed by atoms with Crippen LogP contribution < -0.4 is 0 Å². The number of benzene rings is 1. The Labute approximate surface area is 154 Å². The van der Waals surface area contributed by atoms with Gasteiger partial charge in [-0.25, -0.2) is 14.2 Å². The maximum atomic E-state index is 14.2. The number of hydrogen-bond acceptors (Lipinski definition) is 3. The van der Waals surface area contributed by atoms with Crippen molar-refractivity contribution in [2.24, 2.45) is 10.9 Å². The van der Waals surface area contributed by atoms with E-state index in [1.165, 1.54) is 6.07 Å². The highest BCUT2D eigenvalue weighted by molar-refractivity contribution is 9.10. The van der Waals surface area contributed by atoms with Gasteiger partial charge in [-0.05, 0) is 48.6 Å². The summed E-state index contributed by atoms with van der Waals surface area (Å²) in [4.78, 5) is 17.5. The minimum Gasteiger partial charge on any atom is -0.477 e. The Hall–Kier alpha value is -2.21. The van der Waals surface area contributed by atoms with E-state index < -0.39 is 11.8 Å². The first-order valence-electron chi connectivity index (χ1n) is 8.00. The molecule has 6 heteroatoms. The van der Waals surface area contributed by atoms with Gasteiger partial charge in [-0.1, -0.05) is 35.0 Å². The first-order chi connectivity index (χ1) is 11.9. The van der Waals surface area contributed by atoms with E-state index in [0.29, 0.717) is 27.3 Å². The van der Waals surface area contributed by atoms with E-state index in [9.17, 15) is 14.3 Å². The van der Waals surface area contributed by atoms with E-state index in [-0.39, 0.29) is 5.71 Å². The predicted octanol–water partition coefficient (Wildman–Crippen LogP) is 4.60. The largest absolute Gasteiger partial charge is 0.477 e. The number of carboxylic acids is 1. The standard InChI is InChI=1S/C19H18BrFN2O2/c1-11(14-7-6-13(20)9-15(14)21)8-18-22-16(19(24)25)10-17(23(18)2)12-4-3-5-12/h6-10,12H,1,3-5H2,2H3,(H,24,25)/b18-8-. The number of hydrogen-bond donors (Lipinski definition) is 1. The van der Waals surface area contributed by atoms with Gasteiger partial charge >= 0.3 is 5.97 Å². The third-order valence-electron chi connectivity index (χ3n) is 4.57. The van der Waals surface area contributed by atoms with Crippen LogP contribution in [0.4, 0.5) is 4.39 Å². The zero-order valence-electron chi connectivity index (χ0n) is 13.8. The van der Waals surface area contributed by atoms with E-state index in [4.69, 9.17) is 0 Å². The van der Waals surface area contributed by atoms with Crippen LogP contribution in [0.15, 0.2) is 57.9 Å². The highest BCUT2D eigenvalue weighted by Gasteiger charge is 2.30. The van der Waals surface area contributed by atoms with Gasteiger partial charge in [0.15, 0.2) is 5.71 Å². The summed E-state index contributed by atoms with van der Waals surface area (Å²) in [5.41, 5.74) is 1.73. The monoisotopic (exact) mass is 404 g/mol. The molecule has 0 amide bonds. The lowest BCUT2D eigenvalue weighted by Crippen LogP contribution is -2.31. The van der Waals surface area contributed by atoms with Crippen LogP contribution in [0.3, 0.4) is 0 Å². The van der Waals surface area contributed by atoms with Crippen molar-refractivity contribution in [2.75, 3.05) is 7.05 Å². The Morgan fingerprint density at radius 2 is 2.20 bits per heavy atom. The molecule has 1 aliphatic heterocycles. The van der Waals surface area contributed by atoms with Crippen LogP contribution in [-0.4, -0.2) is 28.7 Å². The van der Waals surface area contributed by atoms with Crippen molar-refractivity contribution in [1.82, 2.24) is 4.90 Å². The smallest absolute Gasteiger partial charge is 0.354 e. The number of halogens is 2. The lowest BCUT2D eigenvalue weighted by molar-refractivity contribution is -0.129. The maximum Gasteiger partial charge on any atom is 0.354 e. The molecule has 0 saturated heterocycles. The van der Waals surface area contributed by atoms with Crippen LogP contribution in [0.25, 0.3) is 5.57 Å². The number of allylic oxidation sites excluding steroid dienone is 3. The normalized spacial score (nSPS) is 19.3. The first kappa shape index (κ1) is 17.6. The fraction of sp³-hybridized carbons (Fsp3) is 0.263. The molecule has 0 unspecified atom stereocenters. The van der Waals surface area contributed by atoms with Gasteiger partial charge in [-0.3, -0.25) is 0 Å². The first-order valence-corrected chi connectivity index (χ1v) is 8.79. The molecule has 0 radical (unpaired) electrons. The molecule has 0 bridgehead atoms. The number of rotatable bonds is 4. The van der Waals surface area contributed by atoms with Crippen molar-refractivity contribution in [2.45, 2.75) is 19.3 Å². The lowest BCUT2D eigenvalue weighted by atomic mass is 9.81.